The van der Waals surface area contributed by atoms with E-state index in [1.807, 2.05) is 50.2 Å². The van der Waals surface area contributed by atoms with Gasteiger partial charge >= 0.3 is 0 Å². The van der Waals surface area contributed by atoms with Gasteiger partial charge in [-0.25, -0.2) is 0 Å². The quantitative estimate of drug-likeness (QED) is 0.516. The number of carbonyl (C=O) groups is 2. The molecule has 7 nitrogen and oxygen atoms in total. The molecule has 2 N–H and O–H groups in total. The molecular formula is C24H26N2O5. The van der Waals surface area contributed by atoms with Crippen molar-refractivity contribution in [3.05, 3.63) is 66.2 Å². The molecule has 3 aromatic rings. The van der Waals surface area contributed by atoms with Crippen LogP contribution in [-0.4, -0.2) is 31.6 Å². The normalized spacial score (nSPS) is 10.4. The van der Waals surface area contributed by atoms with E-state index in [4.69, 9.17) is 14.2 Å². The lowest BCUT2D eigenvalue weighted by Gasteiger charge is -2.13. The zero-order chi connectivity index (χ0) is 22.1. The van der Waals surface area contributed by atoms with Gasteiger partial charge in [0.2, 0.25) is 5.91 Å². The second-order valence-electron chi connectivity index (χ2n) is 6.69. The molecule has 2 amide bonds. The zero-order valence-electron chi connectivity index (χ0n) is 17.6. The van der Waals surface area contributed by atoms with Gasteiger partial charge in [-0.1, -0.05) is 42.5 Å². The number of rotatable bonds is 9. The Morgan fingerprint density at radius 1 is 0.742 bits per heavy atom. The first kappa shape index (κ1) is 22.0. The average molecular weight is 422 g/mol. The van der Waals surface area contributed by atoms with Gasteiger partial charge in [-0.05, 0) is 43.0 Å². The van der Waals surface area contributed by atoms with Crippen LogP contribution in [0.15, 0.2) is 60.7 Å². The summed E-state index contributed by atoms with van der Waals surface area (Å²) in [5.74, 6) is 1.01. The van der Waals surface area contributed by atoms with Crippen LogP contribution in [0, 0.1) is 0 Å². The molecule has 162 valence electrons. The summed E-state index contributed by atoms with van der Waals surface area (Å²) >= 11 is 0. The Morgan fingerprint density at radius 3 is 2.26 bits per heavy atom. The van der Waals surface area contributed by atoms with Crippen LogP contribution in [0.3, 0.4) is 0 Å². The van der Waals surface area contributed by atoms with Gasteiger partial charge in [0.1, 0.15) is 5.75 Å². The van der Waals surface area contributed by atoms with Crippen molar-refractivity contribution in [2.24, 2.45) is 0 Å². The third-order valence-corrected chi connectivity index (χ3v) is 4.42. The van der Waals surface area contributed by atoms with Crippen LogP contribution in [0.4, 0.5) is 0 Å². The highest BCUT2D eigenvalue weighted by Gasteiger charge is 2.11. The number of hydrazine groups is 1. The molecule has 0 saturated carbocycles. The number of carbonyl (C=O) groups excluding carboxylic acids is 2. The Bertz CT molecular complexity index is 1050. The number of ether oxygens (including phenoxy) is 3. The molecule has 0 aliphatic heterocycles. The molecule has 3 aromatic carbocycles. The Balaban J connectivity index is 1.50. The predicted molar refractivity (Wildman–Crippen MR) is 118 cm³/mol. The Hall–Kier alpha value is -3.74. The van der Waals surface area contributed by atoms with Gasteiger partial charge in [-0.2, -0.15) is 0 Å². The standard InChI is InChI=1S/C24H26N2O5/c1-3-29-21-13-12-17(14-22(21)30-4-2)15-23(27)25-26-24(28)16-31-20-11-7-9-18-8-5-6-10-19(18)20/h5-14H,3-4,15-16H2,1-2H3,(H,25,27)(H,26,28). The van der Waals surface area contributed by atoms with Crippen LogP contribution >= 0.6 is 0 Å². The fraction of sp³-hybridized carbons (Fsp3) is 0.250. The smallest absolute Gasteiger partial charge is 0.276 e. The van der Waals surface area contributed by atoms with Gasteiger partial charge in [0, 0.05) is 5.39 Å². The molecule has 0 aliphatic carbocycles. The molecule has 0 radical (unpaired) electrons. The summed E-state index contributed by atoms with van der Waals surface area (Å²) in [6.45, 7) is 4.57. The summed E-state index contributed by atoms with van der Waals surface area (Å²) in [5.41, 5.74) is 5.52. The lowest BCUT2D eigenvalue weighted by atomic mass is 10.1. The minimum atomic E-state index is -0.456. The highest BCUT2D eigenvalue weighted by molar-refractivity contribution is 5.89. The molecule has 0 fully saturated rings. The van der Waals surface area contributed by atoms with Crippen molar-refractivity contribution in [3.8, 4) is 17.2 Å². The number of amides is 2. The van der Waals surface area contributed by atoms with Gasteiger partial charge in [0.05, 0.1) is 19.6 Å². The summed E-state index contributed by atoms with van der Waals surface area (Å²) < 4.78 is 16.7. The second-order valence-corrected chi connectivity index (χ2v) is 6.69. The van der Waals surface area contributed by atoms with Gasteiger partial charge in [0.15, 0.2) is 18.1 Å². The van der Waals surface area contributed by atoms with E-state index in [9.17, 15) is 9.59 Å². The lowest BCUT2D eigenvalue weighted by Crippen LogP contribution is -2.44. The second kappa shape index (κ2) is 10.9. The third kappa shape index (κ3) is 6.12. The van der Waals surface area contributed by atoms with E-state index in [0.29, 0.717) is 30.5 Å². The Labute approximate surface area is 181 Å². The summed E-state index contributed by atoms with van der Waals surface area (Å²) in [4.78, 5) is 24.3. The minimum absolute atomic E-state index is 0.0803. The summed E-state index contributed by atoms with van der Waals surface area (Å²) in [6, 6.07) is 18.7. The SMILES string of the molecule is CCOc1ccc(CC(=O)NNC(=O)COc2cccc3ccccc23)cc1OCC. The number of hydrogen-bond donors (Lipinski definition) is 2. The van der Waals surface area contributed by atoms with Crippen LogP contribution in [0.1, 0.15) is 19.4 Å². The maximum atomic E-state index is 12.2. The number of benzene rings is 3. The first-order chi connectivity index (χ1) is 15.1. The van der Waals surface area contributed by atoms with Crippen molar-refractivity contribution in [1.82, 2.24) is 10.9 Å². The van der Waals surface area contributed by atoms with Gasteiger partial charge in [-0.15, -0.1) is 0 Å². The molecule has 31 heavy (non-hydrogen) atoms. The van der Waals surface area contributed by atoms with Crippen molar-refractivity contribution in [2.45, 2.75) is 20.3 Å². The molecular weight excluding hydrogens is 396 g/mol. The first-order valence-electron chi connectivity index (χ1n) is 10.2. The molecule has 3 rings (SSSR count). The Morgan fingerprint density at radius 2 is 1.45 bits per heavy atom. The molecule has 0 aromatic heterocycles. The van der Waals surface area contributed by atoms with E-state index in [1.54, 1.807) is 24.3 Å². The van der Waals surface area contributed by atoms with E-state index < -0.39 is 5.91 Å². The molecule has 0 spiro atoms. The van der Waals surface area contributed by atoms with Crippen molar-refractivity contribution in [2.75, 3.05) is 19.8 Å². The van der Waals surface area contributed by atoms with E-state index >= 15 is 0 Å². The maximum Gasteiger partial charge on any atom is 0.276 e. The van der Waals surface area contributed by atoms with Crippen LogP contribution < -0.4 is 25.1 Å². The van der Waals surface area contributed by atoms with Crippen LogP contribution in [0.2, 0.25) is 0 Å². The number of fused-ring (bicyclic) bond motifs is 1. The molecule has 0 bridgehead atoms. The Kier molecular flexibility index (Phi) is 7.70. The van der Waals surface area contributed by atoms with E-state index in [2.05, 4.69) is 10.9 Å². The molecule has 0 aliphatic rings. The fourth-order valence-corrected chi connectivity index (χ4v) is 3.08. The van der Waals surface area contributed by atoms with E-state index in [1.165, 1.54) is 0 Å². The first-order valence-corrected chi connectivity index (χ1v) is 10.2. The maximum absolute atomic E-state index is 12.2. The van der Waals surface area contributed by atoms with Crippen molar-refractivity contribution in [3.63, 3.8) is 0 Å². The van der Waals surface area contributed by atoms with Crippen molar-refractivity contribution < 1.29 is 23.8 Å². The molecule has 0 atom stereocenters. The monoisotopic (exact) mass is 422 g/mol. The number of hydrogen-bond acceptors (Lipinski definition) is 5. The van der Waals surface area contributed by atoms with Crippen LogP contribution in [0.25, 0.3) is 10.8 Å². The summed E-state index contributed by atoms with van der Waals surface area (Å²) in [7, 11) is 0. The third-order valence-electron chi connectivity index (χ3n) is 4.42. The van der Waals surface area contributed by atoms with Gasteiger partial charge in [0.25, 0.3) is 5.91 Å². The summed E-state index contributed by atoms with van der Waals surface area (Å²) in [5, 5.41) is 1.94. The largest absolute Gasteiger partial charge is 0.490 e. The van der Waals surface area contributed by atoms with Crippen molar-refractivity contribution in [1.29, 1.82) is 0 Å². The fourth-order valence-electron chi connectivity index (χ4n) is 3.08. The summed E-state index contributed by atoms with van der Waals surface area (Å²) in [6.07, 6.45) is 0.0803. The van der Waals surface area contributed by atoms with Gasteiger partial charge in [-0.3, -0.25) is 20.4 Å². The zero-order valence-corrected chi connectivity index (χ0v) is 17.6. The topological polar surface area (TPSA) is 85.9 Å². The van der Waals surface area contributed by atoms with E-state index in [0.717, 1.165) is 16.3 Å². The molecule has 0 saturated heterocycles. The average Bonchev–Trinajstić information content (AvgIpc) is 2.78. The lowest BCUT2D eigenvalue weighted by molar-refractivity contribution is -0.129. The predicted octanol–water partition coefficient (Wildman–Crippen LogP) is 3.41. The van der Waals surface area contributed by atoms with E-state index in [-0.39, 0.29) is 18.9 Å². The number of nitrogens with one attached hydrogen (secondary N) is 2. The van der Waals surface area contributed by atoms with Gasteiger partial charge < -0.3 is 14.2 Å². The minimum Gasteiger partial charge on any atom is -0.490 e. The highest BCUT2D eigenvalue weighted by Crippen LogP contribution is 2.28. The molecule has 0 unspecified atom stereocenters. The van der Waals surface area contributed by atoms with Crippen LogP contribution in [0.5, 0.6) is 17.2 Å². The highest BCUT2D eigenvalue weighted by atomic mass is 16.5. The molecule has 7 heteroatoms. The van der Waals surface area contributed by atoms with Crippen LogP contribution in [-0.2, 0) is 16.0 Å². The van der Waals surface area contributed by atoms with Crippen molar-refractivity contribution >= 4 is 22.6 Å². The molecule has 0 heterocycles.